The number of aliphatic hydroxyl groups is 1. The minimum Gasteiger partial charge on any atom is -0.458 e. The topological polar surface area (TPSA) is 46.5 Å². The number of hydrogen-bond acceptors (Lipinski definition) is 3. The number of benzene rings is 1. The number of rotatable bonds is 2. The van der Waals surface area contributed by atoms with Gasteiger partial charge in [-0.1, -0.05) is 44.2 Å². The molecule has 1 N–H and O–H groups in total. The molecule has 1 aromatic carbocycles. The molecule has 0 spiro atoms. The van der Waals surface area contributed by atoms with Gasteiger partial charge < -0.3 is 9.84 Å². The second-order valence-electron chi connectivity index (χ2n) is 6.92. The van der Waals surface area contributed by atoms with E-state index in [1.807, 2.05) is 37.3 Å². The first kappa shape index (κ1) is 13.6. The van der Waals surface area contributed by atoms with Gasteiger partial charge in [0.2, 0.25) is 0 Å². The summed E-state index contributed by atoms with van der Waals surface area (Å²) < 4.78 is 5.64. The Bertz CT molecular complexity index is 522. The Balaban J connectivity index is 1.95. The van der Waals surface area contributed by atoms with Crippen molar-refractivity contribution >= 4 is 5.97 Å². The number of hydrogen-bond donors (Lipinski definition) is 1. The van der Waals surface area contributed by atoms with Crippen LogP contribution in [-0.4, -0.2) is 17.2 Å². The molecule has 3 heteroatoms. The normalized spacial score (nSPS) is 36.5. The molecule has 0 radical (unpaired) electrons. The molecule has 2 fully saturated rings. The maximum Gasteiger partial charge on any atom is 0.312 e. The summed E-state index contributed by atoms with van der Waals surface area (Å²) in [6, 6.07) is 9.47. The molecule has 3 rings (SSSR count). The maximum atomic E-state index is 12.4. The summed E-state index contributed by atoms with van der Waals surface area (Å²) in [5, 5.41) is 10.6. The second kappa shape index (κ2) is 4.32. The van der Waals surface area contributed by atoms with Crippen molar-refractivity contribution in [2.75, 3.05) is 0 Å². The fraction of sp³-hybridized carbons (Fsp3) is 0.588. The summed E-state index contributed by atoms with van der Waals surface area (Å²) in [4.78, 5) is 12.4. The number of esters is 1. The number of cyclic esters (lactones) is 1. The lowest BCUT2D eigenvalue weighted by molar-refractivity contribution is -0.198. The van der Waals surface area contributed by atoms with E-state index in [0.717, 1.165) is 18.4 Å². The Labute approximate surface area is 120 Å². The predicted octanol–water partition coefficient (Wildman–Crippen LogP) is 3.09. The highest BCUT2D eigenvalue weighted by Crippen LogP contribution is 2.62. The predicted molar refractivity (Wildman–Crippen MR) is 75.9 cm³/mol. The zero-order valence-corrected chi connectivity index (χ0v) is 12.3. The van der Waals surface area contributed by atoms with E-state index in [1.165, 1.54) is 0 Å². The molecule has 1 saturated heterocycles. The van der Waals surface area contributed by atoms with Crippen molar-refractivity contribution in [2.45, 2.75) is 45.8 Å². The lowest BCUT2D eigenvalue weighted by atomic mass is 9.62. The van der Waals surface area contributed by atoms with Crippen LogP contribution in [0.3, 0.4) is 0 Å². The van der Waals surface area contributed by atoms with Crippen LogP contribution in [0.25, 0.3) is 0 Å². The molecule has 2 aliphatic rings. The molecule has 108 valence electrons. The van der Waals surface area contributed by atoms with E-state index >= 15 is 0 Å². The largest absolute Gasteiger partial charge is 0.458 e. The highest BCUT2D eigenvalue weighted by Gasteiger charge is 2.64. The van der Waals surface area contributed by atoms with Crippen LogP contribution in [-0.2, 0) is 9.53 Å². The van der Waals surface area contributed by atoms with Gasteiger partial charge in [0.05, 0.1) is 5.41 Å². The average Bonchev–Trinajstić information content (AvgIpc) is 2.58. The molecule has 0 amide bonds. The van der Waals surface area contributed by atoms with E-state index in [4.69, 9.17) is 4.74 Å². The molecule has 20 heavy (non-hydrogen) atoms. The third-order valence-corrected chi connectivity index (χ3v) is 5.85. The molecule has 2 bridgehead atoms. The molecule has 1 aromatic rings. The Kier molecular flexibility index (Phi) is 2.94. The van der Waals surface area contributed by atoms with Gasteiger partial charge in [-0.2, -0.15) is 0 Å². The lowest BCUT2D eigenvalue weighted by Crippen LogP contribution is -2.53. The number of ether oxygens (including phenoxy) is 1. The molecule has 4 atom stereocenters. The third-order valence-electron chi connectivity index (χ3n) is 5.85. The van der Waals surface area contributed by atoms with Crippen molar-refractivity contribution < 1.29 is 14.6 Å². The molecule has 1 saturated carbocycles. The lowest BCUT2D eigenvalue weighted by Gasteiger charge is -2.48. The van der Waals surface area contributed by atoms with Gasteiger partial charge in [0, 0.05) is 5.92 Å². The highest BCUT2D eigenvalue weighted by molar-refractivity contribution is 5.79. The molecule has 3 nitrogen and oxygen atoms in total. The van der Waals surface area contributed by atoms with Crippen molar-refractivity contribution in [2.24, 2.45) is 16.7 Å². The van der Waals surface area contributed by atoms with E-state index < -0.39 is 17.6 Å². The fourth-order valence-corrected chi connectivity index (χ4v) is 3.94. The van der Waals surface area contributed by atoms with E-state index in [-0.39, 0.29) is 17.3 Å². The van der Waals surface area contributed by atoms with Crippen LogP contribution in [0.2, 0.25) is 0 Å². The smallest absolute Gasteiger partial charge is 0.312 e. The standard InChI is InChI=1S/C17H22O3/c1-16(2)12-9-10-17(16,3)15(19)20-14(12)13(18)11-7-5-4-6-8-11/h4-8,12-14,18H,9-10H2,1-3H3/t12-,13-,14+,17+/m0/s1. The molecular formula is C17H22O3. The molecule has 1 aliphatic heterocycles. The van der Waals surface area contributed by atoms with Crippen molar-refractivity contribution in [1.82, 2.24) is 0 Å². The molecular weight excluding hydrogens is 252 g/mol. The van der Waals surface area contributed by atoms with Gasteiger partial charge in [-0.05, 0) is 30.7 Å². The number of carbonyl (C=O) groups is 1. The molecule has 0 aromatic heterocycles. The van der Waals surface area contributed by atoms with Crippen LogP contribution in [0, 0.1) is 16.7 Å². The van der Waals surface area contributed by atoms with Gasteiger partial charge in [-0.25, -0.2) is 0 Å². The van der Waals surface area contributed by atoms with Crippen LogP contribution in [0.15, 0.2) is 30.3 Å². The Morgan fingerprint density at radius 2 is 1.90 bits per heavy atom. The monoisotopic (exact) mass is 274 g/mol. The van der Waals surface area contributed by atoms with Gasteiger partial charge in [0.1, 0.15) is 12.2 Å². The van der Waals surface area contributed by atoms with E-state index in [0.29, 0.717) is 0 Å². The summed E-state index contributed by atoms with van der Waals surface area (Å²) in [6.45, 7) is 6.27. The first-order valence-corrected chi connectivity index (χ1v) is 7.32. The van der Waals surface area contributed by atoms with Gasteiger partial charge in [-0.3, -0.25) is 4.79 Å². The number of aliphatic hydroxyl groups excluding tert-OH is 1. The Hall–Kier alpha value is -1.35. The first-order valence-electron chi connectivity index (χ1n) is 7.32. The second-order valence-corrected chi connectivity index (χ2v) is 6.92. The van der Waals surface area contributed by atoms with E-state index in [1.54, 1.807) is 0 Å². The number of fused-ring (bicyclic) bond motifs is 2. The fourth-order valence-electron chi connectivity index (χ4n) is 3.94. The van der Waals surface area contributed by atoms with Crippen molar-refractivity contribution in [3.8, 4) is 0 Å². The molecule has 1 heterocycles. The summed E-state index contributed by atoms with van der Waals surface area (Å²) in [5.41, 5.74) is 0.268. The van der Waals surface area contributed by atoms with Gasteiger partial charge in [0.25, 0.3) is 0 Å². The zero-order chi connectivity index (χ0) is 14.5. The summed E-state index contributed by atoms with van der Waals surface area (Å²) in [6.07, 6.45) is 0.605. The summed E-state index contributed by atoms with van der Waals surface area (Å²) >= 11 is 0. The molecule has 0 unspecified atom stereocenters. The minimum atomic E-state index is -0.743. The van der Waals surface area contributed by atoms with E-state index in [2.05, 4.69) is 13.8 Å². The maximum absolute atomic E-state index is 12.4. The zero-order valence-electron chi connectivity index (χ0n) is 12.3. The van der Waals surface area contributed by atoms with Crippen molar-refractivity contribution in [3.63, 3.8) is 0 Å². The average molecular weight is 274 g/mol. The van der Waals surface area contributed by atoms with E-state index in [9.17, 15) is 9.90 Å². The van der Waals surface area contributed by atoms with Crippen LogP contribution >= 0.6 is 0 Å². The van der Waals surface area contributed by atoms with Crippen LogP contribution in [0.5, 0.6) is 0 Å². The minimum absolute atomic E-state index is 0.136. The third kappa shape index (κ3) is 1.65. The van der Waals surface area contributed by atoms with Crippen molar-refractivity contribution in [3.05, 3.63) is 35.9 Å². The highest BCUT2D eigenvalue weighted by atomic mass is 16.6. The van der Waals surface area contributed by atoms with Crippen LogP contribution in [0.4, 0.5) is 0 Å². The first-order chi connectivity index (χ1) is 9.38. The summed E-state index contributed by atoms with van der Waals surface area (Å²) in [7, 11) is 0. The van der Waals surface area contributed by atoms with Gasteiger partial charge >= 0.3 is 5.97 Å². The Morgan fingerprint density at radius 1 is 1.25 bits per heavy atom. The summed E-state index contributed by atoms with van der Waals surface area (Å²) in [5.74, 6) is 0.0524. The van der Waals surface area contributed by atoms with Crippen LogP contribution < -0.4 is 0 Å². The Morgan fingerprint density at radius 3 is 2.55 bits per heavy atom. The molecule has 1 aliphatic carbocycles. The number of carbonyl (C=O) groups excluding carboxylic acids is 1. The SMILES string of the molecule is CC1(C)[C@H]2CC[C@]1(C)C(=O)O[C@H]2[C@@H](O)c1ccccc1. The quantitative estimate of drug-likeness (QED) is 0.843. The van der Waals surface area contributed by atoms with Gasteiger partial charge in [-0.15, -0.1) is 0 Å². The van der Waals surface area contributed by atoms with Gasteiger partial charge in [0.15, 0.2) is 0 Å². The van der Waals surface area contributed by atoms with Crippen LogP contribution in [0.1, 0.15) is 45.3 Å². The van der Waals surface area contributed by atoms with Crippen molar-refractivity contribution in [1.29, 1.82) is 0 Å².